The van der Waals surface area contributed by atoms with Gasteiger partial charge in [-0.25, -0.2) is 0 Å². The molecule has 1 fully saturated rings. The van der Waals surface area contributed by atoms with Crippen LogP contribution in [0.3, 0.4) is 0 Å². The van der Waals surface area contributed by atoms with Crippen LogP contribution in [-0.4, -0.2) is 121 Å². The summed E-state index contributed by atoms with van der Waals surface area (Å²) < 4.78 is 12.1. The lowest BCUT2D eigenvalue weighted by Crippen LogP contribution is -2.60. The van der Waals surface area contributed by atoms with Crippen molar-refractivity contribution in [2.45, 2.75) is 143 Å². The summed E-state index contributed by atoms with van der Waals surface area (Å²) in [6.45, 7) is 19.1. The number of pyridine rings is 1. The lowest BCUT2D eigenvalue weighted by Gasteiger charge is -2.41. The molecular formula is C46H74N6O6. The van der Waals surface area contributed by atoms with Gasteiger partial charge in [0.15, 0.2) is 0 Å². The first-order chi connectivity index (χ1) is 27.5. The maximum Gasteiger partial charge on any atom is 0.245 e. The molecule has 10 atom stereocenters. The molecule has 2 aromatic rings. The average Bonchev–Trinajstić information content (AvgIpc) is 3.69. The number of nitrogens with zero attached hydrogens (tertiary/aromatic N) is 4. The van der Waals surface area contributed by atoms with Crippen molar-refractivity contribution >= 4 is 23.6 Å². The number of hydrogen-bond acceptors (Lipinski definition) is 8. The molecule has 12 nitrogen and oxygen atoms in total. The SMILES string of the molecule is CC[C@H](C)[C@@H]([C@@H](CC(=O)N1CCC[C@H]1[C@H](OC)[C@@H](C)C(=O)N[C@H](C)[C@@H](C)c1ccccc1)OC)N(C)C(=O)[C@@H](NC(=O)[C@H](C(C)C)N(C)Cc1ccncc1)C(C)C. The van der Waals surface area contributed by atoms with Gasteiger partial charge < -0.3 is 29.9 Å². The molecule has 0 radical (unpaired) electrons. The molecule has 2 heterocycles. The molecule has 1 aromatic heterocycles. The number of ether oxygens (including phenoxy) is 2. The van der Waals surface area contributed by atoms with E-state index >= 15 is 0 Å². The summed E-state index contributed by atoms with van der Waals surface area (Å²) in [5, 5.41) is 6.33. The molecule has 0 aliphatic carbocycles. The minimum atomic E-state index is -0.788. The van der Waals surface area contributed by atoms with Gasteiger partial charge in [-0.15, -0.1) is 0 Å². The molecule has 1 aliphatic rings. The maximum absolute atomic E-state index is 14.5. The second-order valence-electron chi connectivity index (χ2n) is 17.3. The molecule has 1 aliphatic heterocycles. The van der Waals surface area contributed by atoms with Crippen LogP contribution in [0.4, 0.5) is 0 Å². The Morgan fingerprint density at radius 2 is 1.50 bits per heavy atom. The van der Waals surface area contributed by atoms with Gasteiger partial charge in [0.05, 0.1) is 42.7 Å². The standard InChI is InChI=1S/C46H74N6O6/c1-14-31(6)42(51(11)46(56)40(29(2)3)49-45(55)41(30(4)5)50(10)28-35-22-24-47-25-23-35)38(57-12)27-39(53)52-26-18-21-37(52)43(58-13)33(8)44(54)48-34(9)32(7)36-19-16-15-17-20-36/h15-17,19-20,22-25,29-34,37-38,40-43H,14,18,21,26-28H2,1-13H3,(H,48,54)(H,49,55)/t31-,32+,33+,34+,37-,38+,40-,41-,42-,43+/m0/s1. The fraction of sp³-hybridized carbons (Fsp3) is 0.674. The molecule has 0 bridgehead atoms. The largest absolute Gasteiger partial charge is 0.379 e. The molecule has 1 aromatic carbocycles. The van der Waals surface area contributed by atoms with Crippen LogP contribution in [0.5, 0.6) is 0 Å². The van der Waals surface area contributed by atoms with Crippen molar-refractivity contribution < 1.29 is 28.7 Å². The van der Waals surface area contributed by atoms with Crippen LogP contribution in [0.1, 0.15) is 105 Å². The fourth-order valence-electron chi connectivity index (χ4n) is 8.69. The number of aromatic nitrogens is 1. The monoisotopic (exact) mass is 807 g/mol. The zero-order valence-corrected chi connectivity index (χ0v) is 37.6. The molecule has 2 N–H and O–H groups in total. The van der Waals surface area contributed by atoms with Gasteiger partial charge in [0.25, 0.3) is 0 Å². The van der Waals surface area contributed by atoms with E-state index in [1.165, 1.54) is 0 Å². The summed E-state index contributed by atoms with van der Waals surface area (Å²) >= 11 is 0. The van der Waals surface area contributed by atoms with Crippen molar-refractivity contribution in [1.82, 2.24) is 30.3 Å². The first kappa shape index (κ1) is 48.5. The van der Waals surface area contributed by atoms with E-state index in [0.717, 1.165) is 24.0 Å². The quantitative estimate of drug-likeness (QED) is 0.150. The van der Waals surface area contributed by atoms with Crippen molar-refractivity contribution in [3.05, 3.63) is 66.0 Å². The Labute approximate surface area is 349 Å². The highest BCUT2D eigenvalue weighted by molar-refractivity contribution is 5.90. The van der Waals surface area contributed by atoms with Crippen LogP contribution in [0.2, 0.25) is 0 Å². The van der Waals surface area contributed by atoms with E-state index in [2.05, 4.69) is 48.5 Å². The number of likely N-dealkylation sites (N-methyl/N-ethyl adjacent to an activating group) is 2. The Hall–Kier alpha value is -3.87. The molecule has 324 valence electrons. The smallest absolute Gasteiger partial charge is 0.245 e. The Kier molecular flexibility index (Phi) is 19.3. The van der Waals surface area contributed by atoms with Crippen LogP contribution in [0.25, 0.3) is 0 Å². The summed E-state index contributed by atoms with van der Waals surface area (Å²) in [6.07, 6.45) is 4.67. The Morgan fingerprint density at radius 1 is 0.862 bits per heavy atom. The third-order valence-electron chi connectivity index (χ3n) is 12.5. The predicted octanol–water partition coefficient (Wildman–Crippen LogP) is 5.91. The lowest BCUT2D eigenvalue weighted by atomic mass is 9.89. The highest BCUT2D eigenvalue weighted by Crippen LogP contribution is 2.30. The Morgan fingerprint density at radius 3 is 2.05 bits per heavy atom. The van der Waals surface area contributed by atoms with Crippen molar-refractivity contribution in [2.24, 2.45) is 23.7 Å². The highest BCUT2D eigenvalue weighted by Gasteiger charge is 2.43. The molecule has 3 rings (SSSR count). The summed E-state index contributed by atoms with van der Waals surface area (Å²) in [5.74, 6) is -1.26. The normalized spacial score (nSPS) is 19.2. The third kappa shape index (κ3) is 12.6. The minimum Gasteiger partial charge on any atom is -0.379 e. The van der Waals surface area contributed by atoms with Gasteiger partial charge in [0.2, 0.25) is 23.6 Å². The van der Waals surface area contributed by atoms with Crippen molar-refractivity contribution in [3.63, 3.8) is 0 Å². The van der Waals surface area contributed by atoms with Gasteiger partial charge >= 0.3 is 0 Å². The van der Waals surface area contributed by atoms with E-state index in [0.29, 0.717) is 19.5 Å². The summed E-state index contributed by atoms with van der Waals surface area (Å²) in [7, 11) is 6.87. The second-order valence-corrected chi connectivity index (χ2v) is 17.3. The van der Waals surface area contributed by atoms with Gasteiger partial charge in [-0.05, 0) is 67.8 Å². The number of carbonyl (C=O) groups excluding carboxylic acids is 4. The van der Waals surface area contributed by atoms with E-state index in [-0.39, 0.29) is 65.8 Å². The van der Waals surface area contributed by atoms with Crippen LogP contribution in [0, 0.1) is 23.7 Å². The molecule has 0 saturated carbocycles. The minimum absolute atomic E-state index is 0.0133. The molecule has 12 heteroatoms. The first-order valence-corrected chi connectivity index (χ1v) is 21.3. The molecule has 1 saturated heterocycles. The van der Waals surface area contributed by atoms with E-state index in [4.69, 9.17) is 9.47 Å². The third-order valence-corrected chi connectivity index (χ3v) is 12.5. The Bertz CT molecular complexity index is 1580. The van der Waals surface area contributed by atoms with Gasteiger partial charge in [-0.1, -0.05) is 92.1 Å². The number of benzene rings is 1. The van der Waals surface area contributed by atoms with Crippen molar-refractivity contribution in [1.29, 1.82) is 0 Å². The second kappa shape index (κ2) is 23.1. The number of methoxy groups -OCH3 is 2. The summed E-state index contributed by atoms with van der Waals surface area (Å²) in [4.78, 5) is 66.1. The van der Waals surface area contributed by atoms with Gasteiger partial charge in [-0.3, -0.25) is 29.1 Å². The topological polar surface area (TPSA) is 133 Å². The molecule has 4 amide bonds. The summed E-state index contributed by atoms with van der Waals surface area (Å²) in [6, 6.07) is 11.9. The number of hydrogen-bond donors (Lipinski definition) is 2. The van der Waals surface area contributed by atoms with Crippen LogP contribution in [-0.2, 0) is 35.2 Å². The van der Waals surface area contributed by atoms with Crippen LogP contribution < -0.4 is 10.6 Å². The highest BCUT2D eigenvalue weighted by atomic mass is 16.5. The van der Waals surface area contributed by atoms with Crippen LogP contribution in [0.15, 0.2) is 54.9 Å². The van der Waals surface area contributed by atoms with Crippen molar-refractivity contribution in [2.75, 3.05) is 34.9 Å². The number of carbonyl (C=O) groups is 4. The number of nitrogens with one attached hydrogen (secondary N) is 2. The van der Waals surface area contributed by atoms with Gasteiger partial charge in [0, 0.05) is 58.7 Å². The molecule has 0 spiro atoms. The first-order valence-electron chi connectivity index (χ1n) is 21.3. The molecular weight excluding hydrogens is 733 g/mol. The van der Waals surface area contributed by atoms with Gasteiger partial charge in [-0.2, -0.15) is 0 Å². The van der Waals surface area contributed by atoms with Crippen molar-refractivity contribution in [3.8, 4) is 0 Å². The molecule has 0 unspecified atom stereocenters. The van der Waals surface area contributed by atoms with Crippen LogP contribution >= 0.6 is 0 Å². The van der Waals surface area contributed by atoms with Gasteiger partial charge in [0.1, 0.15) is 6.04 Å². The van der Waals surface area contributed by atoms with E-state index in [1.807, 2.05) is 88.7 Å². The summed E-state index contributed by atoms with van der Waals surface area (Å²) in [5.41, 5.74) is 2.19. The number of rotatable bonds is 22. The van der Waals surface area contributed by atoms with E-state index in [9.17, 15) is 19.2 Å². The zero-order valence-electron chi connectivity index (χ0n) is 37.6. The average molecular weight is 807 g/mol. The van der Waals surface area contributed by atoms with E-state index < -0.39 is 36.3 Å². The maximum atomic E-state index is 14.5. The molecule has 58 heavy (non-hydrogen) atoms. The van der Waals surface area contributed by atoms with E-state index in [1.54, 1.807) is 38.6 Å². The fourth-order valence-corrected chi connectivity index (χ4v) is 8.69. The number of likely N-dealkylation sites (tertiary alicyclic amines) is 1. The Balaban J connectivity index is 1.76. The predicted molar refractivity (Wildman–Crippen MR) is 230 cm³/mol. The zero-order chi connectivity index (χ0) is 43.3. The number of amides is 4. The lowest BCUT2D eigenvalue weighted by molar-refractivity contribution is -0.148.